The van der Waals surface area contributed by atoms with Crippen LogP contribution in [0.2, 0.25) is 0 Å². The second-order valence-corrected chi connectivity index (χ2v) is 3.54. The summed E-state index contributed by atoms with van der Waals surface area (Å²) in [4.78, 5) is 12.3. The molecule has 1 saturated carbocycles. The van der Waals surface area contributed by atoms with Crippen LogP contribution in [-0.4, -0.2) is 29.1 Å². The molecule has 1 N–H and O–H groups in total. The molecule has 13 heavy (non-hydrogen) atoms. The van der Waals surface area contributed by atoms with Gasteiger partial charge in [0.15, 0.2) is 0 Å². The molecule has 0 bridgehead atoms. The molecule has 0 aliphatic heterocycles. The van der Waals surface area contributed by atoms with E-state index in [1.165, 1.54) is 25.3 Å². The van der Waals surface area contributed by atoms with E-state index in [1.54, 1.807) is 6.20 Å². The number of carbonyl (C=O) groups is 1. The molecule has 0 spiro atoms. The quantitative estimate of drug-likeness (QED) is 0.659. The molecule has 1 aliphatic rings. The van der Waals surface area contributed by atoms with Gasteiger partial charge in [0.1, 0.15) is 0 Å². The Kier molecular flexibility index (Phi) is 3.80. The molecule has 1 aliphatic carbocycles. The Morgan fingerprint density at radius 1 is 1.62 bits per heavy atom. The van der Waals surface area contributed by atoms with Crippen LogP contribution in [0.15, 0.2) is 12.3 Å². The number of carboxylic acid groups (broad SMARTS) is 1. The third kappa shape index (κ3) is 3.49. The number of carboxylic acids is 1. The Morgan fingerprint density at radius 3 is 2.69 bits per heavy atom. The van der Waals surface area contributed by atoms with Crippen LogP contribution in [0.5, 0.6) is 0 Å². The summed E-state index contributed by atoms with van der Waals surface area (Å²) >= 11 is 0. The summed E-state index contributed by atoms with van der Waals surface area (Å²) in [5.41, 5.74) is 0. The zero-order valence-electron chi connectivity index (χ0n) is 8.07. The van der Waals surface area contributed by atoms with Crippen molar-refractivity contribution in [2.24, 2.45) is 5.92 Å². The lowest BCUT2D eigenvalue weighted by atomic mass is 9.85. The van der Waals surface area contributed by atoms with E-state index in [2.05, 4.69) is 4.90 Å². The lowest BCUT2D eigenvalue weighted by molar-refractivity contribution is -0.131. The van der Waals surface area contributed by atoms with Crippen LogP contribution in [0.25, 0.3) is 0 Å². The number of nitrogens with zero attached hydrogens (tertiary/aromatic N) is 1. The predicted molar refractivity (Wildman–Crippen MR) is 51.4 cm³/mol. The fraction of sp³-hybridized carbons (Fsp3) is 0.700. The van der Waals surface area contributed by atoms with E-state index >= 15 is 0 Å². The van der Waals surface area contributed by atoms with Crippen molar-refractivity contribution >= 4 is 5.97 Å². The smallest absolute Gasteiger partial charge is 0.329 e. The average Bonchev–Trinajstić information content (AvgIpc) is 2.01. The van der Waals surface area contributed by atoms with Crippen molar-refractivity contribution in [3.63, 3.8) is 0 Å². The molecule has 0 aromatic carbocycles. The Bertz CT molecular complexity index is 197. The van der Waals surface area contributed by atoms with Gasteiger partial charge in [0.2, 0.25) is 0 Å². The average molecular weight is 183 g/mol. The molecule has 0 atom stereocenters. The first-order valence-electron chi connectivity index (χ1n) is 4.87. The molecule has 1 fully saturated rings. The van der Waals surface area contributed by atoms with Gasteiger partial charge in [-0.1, -0.05) is 6.42 Å². The van der Waals surface area contributed by atoms with E-state index in [0.717, 1.165) is 19.0 Å². The second kappa shape index (κ2) is 4.90. The summed E-state index contributed by atoms with van der Waals surface area (Å²) < 4.78 is 0. The van der Waals surface area contributed by atoms with Crippen LogP contribution in [0, 0.1) is 5.92 Å². The second-order valence-electron chi connectivity index (χ2n) is 3.54. The molecular weight excluding hydrogens is 166 g/mol. The minimum Gasteiger partial charge on any atom is -0.478 e. The Labute approximate surface area is 79.0 Å². The maximum atomic E-state index is 10.3. The van der Waals surface area contributed by atoms with Crippen LogP contribution in [0.3, 0.4) is 0 Å². The number of rotatable bonds is 5. The fourth-order valence-electron chi connectivity index (χ4n) is 1.47. The fourth-order valence-corrected chi connectivity index (χ4v) is 1.47. The van der Waals surface area contributed by atoms with E-state index in [1.807, 2.05) is 6.92 Å². The van der Waals surface area contributed by atoms with Gasteiger partial charge in [-0.05, 0) is 25.7 Å². The maximum absolute atomic E-state index is 10.3. The number of aliphatic carboxylic acids is 1. The summed E-state index contributed by atoms with van der Waals surface area (Å²) in [5, 5.41) is 8.45. The lowest BCUT2D eigenvalue weighted by Gasteiger charge is -2.30. The maximum Gasteiger partial charge on any atom is 0.329 e. The van der Waals surface area contributed by atoms with Gasteiger partial charge in [-0.3, -0.25) is 0 Å². The normalized spacial score (nSPS) is 17.3. The molecule has 0 aromatic heterocycles. The van der Waals surface area contributed by atoms with Crippen molar-refractivity contribution in [1.82, 2.24) is 4.90 Å². The van der Waals surface area contributed by atoms with Crippen LogP contribution in [-0.2, 0) is 4.79 Å². The van der Waals surface area contributed by atoms with E-state index in [-0.39, 0.29) is 0 Å². The van der Waals surface area contributed by atoms with Gasteiger partial charge in [-0.15, -0.1) is 0 Å². The van der Waals surface area contributed by atoms with Gasteiger partial charge in [0, 0.05) is 25.4 Å². The van der Waals surface area contributed by atoms with Gasteiger partial charge in [-0.25, -0.2) is 4.79 Å². The first kappa shape index (κ1) is 10.1. The zero-order valence-corrected chi connectivity index (χ0v) is 8.07. The van der Waals surface area contributed by atoms with E-state index in [0.29, 0.717) is 0 Å². The minimum absolute atomic E-state index is 0.790. The number of hydrogen-bond donors (Lipinski definition) is 1. The van der Waals surface area contributed by atoms with Gasteiger partial charge in [0.05, 0.1) is 0 Å². The Morgan fingerprint density at radius 2 is 2.31 bits per heavy atom. The topological polar surface area (TPSA) is 40.5 Å². The molecule has 0 saturated heterocycles. The Balaban J connectivity index is 2.28. The largest absolute Gasteiger partial charge is 0.478 e. The SMILES string of the molecule is CCN(/C=C/C(=O)O)CC1CCC1. The van der Waals surface area contributed by atoms with Gasteiger partial charge < -0.3 is 10.0 Å². The van der Waals surface area contributed by atoms with Crippen molar-refractivity contribution in [2.45, 2.75) is 26.2 Å². The van der Waals surface area contributed by atoms with E-state index in [4.69, 9.17) is 5.11 Å². The van der Waals surface area contributed by atoms with Crippen LogP contribution >= 0.6 is 0 Å². The van der Waals surface area contributed by atoms with Gasteiger partial charge >= 0.3 is 5.97 Å². The third-order valence-electron chi connectivity index (χ3n) is 2.55. The summed E-state index contributed by atoms with van der Waals surface area (Å²) in [6.45, 7) is 3.95. The molecule has 0 aromatic rings. The highest BCUT2D eigenvalue weighted by molar-refractivity contribution is 5.79. The van der Waals surface area contributed by atoms with Crippen molar-refractivity contribution in [1.29, 1.82) is 0 Å². The van der Waals surface area contributed by atoms with Crippen LogP contribution in [0.4, 0.5) is 0 Å². The molecule has 0 unspecified atom stereocenters. The molecule has 1 rings (SSSR count). The summed E-state index contributed by atoms with van der Waals surface area (Å²) in [6.07, 6.45) is 6.84. The summed E-state index contributed by atoms with van der Waals surface area (Å²) in [6, 6.07) is 0. The van der Waals surface area contributed by atoms with Crippen molar-refractivity contribution in [2.75, 3.05) is 13.1 Å². The standard InChI is InChI=1S/C10H17NO2/c1-2-11(7-6-10(12)13)8-9-4-3-5-9/h6-7,9H,2-5,8H2,1H3,(H,12,13)/b7-6+. The summed E-state index contributed by atoms with van der Waals surface area (Å²) in [5.74, 6) is -0.0783. The first-order valence-corrected chi connectivity index (χ1v) is 4.87. The predicted octanol–water partition coefficient (Wildman–Crippen LogP) is 1.71. The van der Waals surface area contributed by atoms with Crippen molar-refractivity contribution in [3.8, 4) is 0 Å². The van der Waals surface area contributed by atoms with Crippen molar-refractivity contribution < 1.29 is 9.90 Å². The molecule has 74 valence electrons. The highest BCUT2D eigenvalue weighted by Crippen LogP contribution is 2.26. The van der Waals surface area contributed by atoms with Crippen LogP contribution in [0.1, 0.15) is 26.2 Å². The highest BCUT2D eigenvalue weighted by atomic mass is 16.4. The lowest BCUT2D eigenvalue weighted by Crippen LogP contribution is -2.28. The first-order chi connectivity index (χ1) is 6.22. The zero-order chi connectivity index (χ0) is 9.68. The van der Waals surface area contributed by atoms with Gasteiger partial charge in [0.25, 0.3) is 0 Å². The van der Waals surface area contributed by atoms with Gasteiger partial charge in [-0.2, -0.15) is 0 Å². The molecule has 0 amide bonds. The Hall–Kier alpha value is -0.990. The van der Waals surface area contributed by atoms with Crippen molar-refractivity contribution in [3.05, 3.63) is 12.3 Å². The number of hydrogen-bond acceptors (Lipinski definition) is 2. The van der Waals surface area contributed by atoms with E-state index < -0.39 is 5.97 Å². The minimum atomic E-state index is -0.868. The highest BCUT2D eigenvalue weighted by Gasteiger charge is 2.18. The van der Waals surface area contributed by atoms with E-state index in [9.17, 15) is 4.79 Å². The third-order valence-corrected chi connectivity index (χ3v) is 2.55. The molecular formula is C10H17NO2. The summed E-state index contributed by atoms with van der Waals surface area (Å²) in [7, 11) is 0. The molecule has 0 heterocycles. The monoisotopic (exact) mass is 183 g/mol. The molecule has 3 nitrogen and oxygen atoms in total. The van der Waals surface area contributed by atoms with Crippen LogP contribution < -0.4 is 0 Å². The molecule has 3 heteroatoms. The molecule has 0 radical (unpaired) electrons.